The molecule has 0 bridgehead atoms. The third-order valence-electron chi connectivity index (χ3n) is 1.71. The maximum atomic E-state index is 11.1. The molecule has 0 aliphatic rings. The summed E-state index contributed by atoms with van der Waals surface area (Å²) < 4.78 is 4.77. The Morgan fingerprint density at radius 2 is 2.54 bits per heavy atom. The van der Waals surface area contributed by atoms with Crippen LogP contribution in [0.4, 0.5) is 0 Å². The molecule has 4 heteroatoms. The quantitative estimate of drug-likeness (QED) is 0.750. The van der Waals surface area contributed by atoms with Gasteiger partial charge in [-0.15, -0.1) is 0 Å². The summed E-state index contributed by atoms with van der Waals surface area (Å²) in [4.78, 5) is 15.0. The predicted molar refractivity (Wildman–Crippen MR) is 47.9 cm³/mol. The molecule has 0 spiro atoms. The fourth-order valence-corrected chi connectivity index (χ4v) is 0.940. The lowest BCUT2D eigenvalue weighted by atomic mass is 10.2. The van der Waals surface area contributed by atoms with E-state index in [2.05, 4.69) is 17.2 Å². The van der Waals surface area contributed by atoms with Gasteiger partial charge in [0.15, 0.2) is 6.39 Å². The van der Waals surface area contributed by atoms with Gasteiger partial charge in [0.25, 0.3) is 0 Å². The highest BCUT2D eigenvalue weighted by Gasteiger charge is 2.01. The summed E-state index contributed by atoms with van der Waals surface area (Å²) in [5.74, 6) is 0.0739. The smallest absolute Gasteiger partial charge is 0.220 e. The molecule has 1 N–H and O–H groups in total. The molecule has 1 aromatic rings. The van der Waals surface area contributed by atoms with Crippen LogP contribution in [0.5, 0.6) is 0 Å². The van der Waals surface area contributed by atoms with E-state index in [1.165, 1.54) is 12.7 Å². The molecule has 0 aliphatic heterocycles. The Balaban J connectivity index is 2.15. The molecule has 13 heavy (non-hydrogen) atoms. The summed E-state index contributed by atoms with van der Waals surface area (Å²) in [5.41, 5.74) is 0.754. The highest BCUT2D eigenvalue weighted by molar-refractivity contribution is 5.75. The number of amides is 1. The van der Waals surface area contributed by atoms with Crippen LogP contribution in [0.1, 0.15) is 31.9 Å². The van der Waals surface area contributed by atoms with Crippen molar-refractivity contribution in [2.75, 3.05) is 0 Å². The van der Waals surface area contributed by atoms with Gasteiger partial charge < -0.3 is 9.73 Å². The zero-order valence-corrected chi connectivity index (χ0v) is 7.75. The van der Waals surface area contributed by atoms with Crippen molar-refractivity contribution in [3.8, 4) is 0 Å². The lowest BCUT2D eigenvalue weighted by Gasteiger charge is -2.00. The first kappa shape index (κ1) is 9.77. The number of rotatable bonds is 5. The monoisotopic (exact) mass is 182 g/mol. The molecule has 0 saturated heterocycles. The molecule has 1 rings (SSSR count). The topological polar surface area (TPSA) is 55.1 Å². The van der Waals surface area contributed by atoms with Crippen LogP contribution >= 0.6 is 0 Å². The number of carbonyl (C=O) groups is 1. The summed E-state index contributed by atoms with van der Waals surface area (Å²) >= 11 is 0. The van der Waals surface area contributed by atoms with Gasteiger partial charge in [-0.25, -0.2) is 4.98 Å². The minimum absolute atomic E-state index is 0.0739. The Bertz CT molecular complexity index is 244. The first-order valence-corrected chi connectivity index (χ1v) is 4.46. The van der Waals surface area contributed by atoms with E-state index in [1.54, 1.807) is 0 Å². The fourth-order valence-electron chi connectivity index (χ4n) is 0.940. The number of nitrogens with one attached hydrogen (secondary N) is 1. The predicted octanol–water partition coefficient (Wildman–Crippen LogP) is 1.48. The minimum atomic E-state index is 0.0739. The van der Waals surface area contributed by atoms with Crippen LogP contribution in [0.15, 0.2) is 17.1 Å². The van der Waals surface area contributed by atoms with Gasteiger partial charge in [0.2, 0.25) is 5.91 Å². The maximum Gasteiger partial charge on any atom is 0.220 e. The van der Waals surface area contributed by atoms with Crippen LogP contribution in [-0.2, 0) is 11.3 Å². The van der Waals surface area contributed by atoms with Gasteiger partial charge in [0.1, 0.15) is 6.26 Å². The van der Waals surface area contributed by atoms with Crippen molar-refractivity contribution in [2.24, 2.45) is 0 Å². The van der Waals surface area contributed by atoms with Gasteiger partial charge in [0, 0.05) is 6.42 Å². The van der Waals surface area contributed by atoms with E-state index in [-0.39, 0.29) is 5.91 Å². The summed E-state index contributed by atoms with van der Waals surface area (Å²) in [6.07, 6.45) is 5.45. The molecule has 1 heterocycles. The van der Waals surface area contributed by atoms with Crippen molar-refractivity contribution < 1.29 is 9.21 Å². The molecule has 1 amide bonds. The van der Waals surface area contributed by atoms with Gasteiger partial charge in [-0.1, -0.05) is 13.3 Å². The number of oxazole rings is 1. The number of unbranched alkanes of at least 4 members (excludes halogenated alkanes) is 1. The highest BCUT2D eigenvalue weighted by Crippen LogP contribution is 1.96. The molecular weight excluding hydrogens is 168 g/mol. The number of aromatic nitrogens is 1. The summed E-state index contributed by atoms with van der Waals surface area (Å²) in [6.45, 7) is 2.52. The zero-order chi connectivity index (χ0) is 9.52. The number of nitrogens with zero attached hydrogens (tertiary/aromatic N) is 1. The molecule has 0 unspecified atom stereocenters. The van der Waals surface area contributed by atoms with Crippen LogP contribution in [0, 0.1) is 0 Å². The summed E-state index contributed by atoms with van der Waals surface area (Å²) in [7, 11) is 0. The van der Waals surface area contributed by atoms with Gasteiger partial charge >= 0.3 is 0 Å². The molecule has 1 aromatic heterocycles. The molecule has 0 saturated carbocycles. The van der Waals surface area contributed by atoms with Crippen LogP contribution in [0.2, 0.25) is 0 Å². The van der Waals surface area contributed by atoms with Crippen molar-refractivity contribution >= 4 is 5.91 Å². The van der Waals surface area contributed by atoms with Crippen molar-refractivity contribution in [1.82, 2.24) is 10.3 Å². The Labute approximate surface area is 77.3 Å². The summed E-state index contributed by atoms with van der Waals surface area (Å²) in [5, 5.41) is 2.76. The van der Waals surface area contributed by atoms with Crippen LogP contribution in [0.25, 0.3) is 0 Å². The lowest BCUT2D eigenvalue weighted by Crippen LogP contribution is -2.22. The van der Waals surface area contributed by atoms with E-state index in [1.807, 2.05) is 0 Å². The second kappa shape index (κ2) is 5.35. The molecule has 0 radical (unpaired) electrons. The van der Waals surface area contributed by atoms with Crippen LogP contribution in [0.3, 0.4) is 0 Å². The minimum Gasteiger partial charge on any atom is -0.451 e. The number of hydrogen-bond acceptors (Lipinski definition) is 3. The fraction of sp³-hybridized carbons (Fsp3) is 0.556. The molecule has 72 valence electrons. The van der Waals surface area contributed by atoms with Crippen molar-refractivity contribution in [1.29, 1.82) is 0 Å². The lowest BCUT2D eigenvalue weighted by molar-refractivity contribution is -0.121. The van der Waals surface area contributed by atoms with Gasteiger partial charge in [0.05, 0.1) is 12.2 Å². The average Bonchev–Trinajstić information content (AvgIpc) is 2.64. The zero-order valence-electron chi connectivity index (χ0n) is 7.75. The molecule has 0 aliphatic carbocycles. The van der Waals surface area contributed by atoms with Crippen molar-refractivity contribution in [2.45, 2.75) is 32.7 Å². The molecule has 0 fully saturated rings. The van der Waals surface area contributed by atoms with E-state index in [0.717, 1.165) is 18.5 Å². The normalized spacial score (nSPS) is 9.92. The Morgan fingerprint density at radius 1 is 1.69 bits per heavy atom. The van der Waals surface area contributed by atoms with Gasteiger partial charge in [-0.05, 0) is 6.42 Å². The van der Waals surface area contributed by atoms with Crippen molar-refractivity contribution in [3.63, 3.8) is 0 Å². The van der Waals surface area contributed by atoms with E-state index in [0.29, 0.717) is 13.0 Å². The Morgan fingerprint density at radius 3 is 3.15 bits per heavy atom. The van der Waals surface area contributed by atoms with E-state index in [4.69, 9.17) is 4.42 Å². The Kier molecular flexibility index (Phi) is 4.02. The molecule has 0 aromatic carbocycles. The van der Waals surface area contributed by atoms with E-state index < -0.39 is 0 Å². The van der Waals surface area contributed by atoms with Gasteiger partial charge in [-0.2, -0.15) is 0 Å². The van der Waals surface area contributed by atoms with E-state index in [9.17, 15) is 4.79 Å². The van der Waals surface area contributed by atoms with Crippen LogP contribution in [-0.4, -0.2) is 10.9 Å². The second-order valence-corrected chi connectivity index (χ2v) is 2.86. The number of hydrogen-bond donors (Lipinski definition) is 1. The summed E-state index contributed by atoms with van der Waals surface area (Å²) in [6, 6.07) is 0. The second-order valence-electron chi connectivity index (χ2n) is 2.86. The van der Waals surface area contributed by atoms with Gasteiger partial charge in [-0.3, -0.25) is 4.79 Å². The van der Waals surface area contributed by atoms with Crippen molar-refractivity contribution in [3.05, 3.63) is 18.4 Å². The third-order valence-corrected chi connectivity index (χ3v) is 1.71. The largest absolute Gasteiger partial charge is 0.451 e. The average molecular weight is 182 g/mol. The van der Waals surface area contributed by atoms with Crippen LogP contribution < -0.4 is 5.32 Å². The first-order valence-electron chi connectivity index (χ1n) is 4.46. The third kappa shape index (κ3) is 3.73. The van der Waals surface area contributed by atoms with E-state index >= 15 is 0 Å². The Hall–Kier alpha value is -1.32. The SMILES string of the molecule is CCCCC(=O)NCc1cocn1. The molecular formula is C9H14N2O2. The number of carbonyl (C=O) groups excluding carboxylic acids is 1. The first-order chi connectivity index (χ1) is 6.33. The maximum absolute atomic E-state index is 11.1. The highest BCUT2D eigenvalue weighted by atomic mass is 16.3. The molecule has 0 atom stereocenters. The standard InChI is InChI=1S/C9H14N2O2/c1-2-3-4-9(12)10-5-8-6-13-7-11-8/h6-7H,2-5H2,1H3,(H,10,12). The molecule has 4 nitrogen and oxygen atoms in total.